The van der Waals surface area contributed by atoms with E-state index < -0.39 is 36.7 Å². The molecule has 3 aromatic carbocycles. The summed E-state index contributed by atoms with van der Waals surface area (Å²) in [6.45, 7) is -0.352. The summed E-state index contributed by atoms with van der Waals surface area (Å²) in [4.78, 5) is 40.2. The fourth-order valence-electron chi connectivity index (χ4n) is 5.19. The highest BCUT2D eigenvalue weighted by Crippen LogP contribution is 2.18. The summed E-state index contributed by atoms with van der Waals surface area (Å²) < 4.78 is 10.8. The number of unbranched alkanes of at least 4 members (excludes halogenated alkanes) is 4. The highest BCUT2D eigenvalue weighted by atomic mass is 16.6. The Labute approximate surface area is 257 Å². The van der Waals surface area contributed by atoms with Crippen molar-refractivity contribution in [1.29, 1.82) is 0 Å². The van der Waals surface area contributed by atoms with Crippen molar-refractivity contribution < 1.29 is 34.1 Å². The van der Waals surface area contributed by atoms with E-state index >= 15 is 0 Å². The van der Waals surface area contributed by atoms with Crippen molar-refractivity contribution in [2.45, 2.75) is 63.6 Å². The highest BCUT2D eigenvalue weighted by molar-refractivity contribution is 5.88. The number of nitrogens with one attached hydrogen (secondary N) is 1. The van der Waals surface area contributed by atoms with Gasteiger partial charge in [0.05, 0.1) is 5.52 Å². The third-order valence-corrected chi connectivity index (χ3v) is 7.49. The molecule has 0 aliphatic rings. The number of rotatable bonds is 19. The molecule has 44 heavy (non-hydrogen) atoms. The number of carbonyl (C=O) groups is 3. The van der Waals surface area contributed by atoms with Crippen LogP contribution in [0, 0.1) is 0 Å². The molecule has 4 aromatic rings. The minimum absolute atomic E-state index is 0.145. The van der Waals surface area contributed by atoms with Crippen LogP contribution >= 0.6 is 0 Å². The van der Waals surface area contributed by atoms with Gasteiger partial charge >= 0.3 is 11.9 Å². The van der Waals surface area contributed by atoms with Crippen LogP contribution in [0.2, 0.25) is 0 Å². The third-order valence-electron chi connectivity index (χ3n) is 7.49. The summed E-state index contributed by atoms with van der Waals surface area (Å²) in [6.07, 6.45) is 5.22. The average Bonchev–Trinajstić information content (AvgIpc) is 3.02. The second-order valence-corrected chi connectivity index (χ2v) is 10.9. The molecule has 0 radical (unpaired) electrons. The summed E-state index contributed by atoms with van der Waals surface area (Å²) >= 11 is 0. The Hall–Kier alpha value is -4.34. The van der Waals surface area contributed by atoms with E-state index in [9.17, 15) is 19.5 Å². The molecule has 1 heterocycles. The first-order chi connectivity index (χ1) is 21.4. The van der Waals surface area contributed by atoms with Crippen molar-refractivity contribution >= 4 is 39.5 Å². The molecule has 3 N–H and O–H groups in total. The van der Waals surface area contributed by atoms with Gasteiger partial charge in [0.15, 0.2) is 12.2 Å². The number of aromatic nitrogens is 1. The van der Waals surface area contributed by atoms with Crippen LogP contribution in [0.15, 0.2) is 79.0 Å². The summed E-state index contributed by atoms with van der Waals surface area (Å²) in [6, 6.07) is 24.8. The number of carboxylic acid groups (broad SMARTS) is 2. The van der Waals surface area contributed by atoms with E-state index in [2.05, 4.69) is 52.8 Å². The van der Waals surface area contributed by atoms with Gasteiger partial charge in [-0.05, 0) is 78.6 Å². The maximum atomic E-state index is 13.0. The van der Waals surface area contributed by atoms with Gasteiger partial charge in [-0.15, -0.1) is 0 Å². The van der Waals surface area contributed by atoms with Gasteiger partial charge in [0.25, 0.3) is 5.91 Å². The van der Waals surface area contributed by atoms with Crippen molar-refractivity contribution in [1.82, 2.24) is 10.3 Å². The number of fused-ring (bicyclic) bond motifs is 2. The van der Waals surface area contributed by atoms with Crippen molar-refractivity contribution in [3.8, 4) is 0 Å². The van der Waals surface area contributed by atoms with Crippen LogP contribution in [0.3, 0.4) is 0 Å². The number of aliphatic carboxylic acids is 2. The highest BCUT2D eigenvalue weighted by Gasteiger charge is 2.36. The number of nitrogens with zero attached hydrogens (tertiary/aromatic N) is 1. The summed E-state index contributed by atoms with van der Waals surface area (Å²) in [5.41, 5.74) is 3.41. The number of amides is 1. The lowest BCUT2D eigenvalue weighted by atomic mass is 10.0. The first kappa shape index (κ1) is 32.6. The Balaban J connectivity index is 1.20. The predicted molar refractivity (Wildman–Crippen MR) is 169 cm³/mol. The van der Waals surface area contributed by atoms with Gasteiger partial charge in [-0.2, -0.15) is 0 Å². The van der Waals surface area contributed by atoms with Gasteiger partial charge < -0.3 is 25.0 Å². The van der Waals surface area contributed by atoms with Gasteiger partial charge in [0.1, 0.15) is 6.61 Å². The molecule has 1 aromatic heterocycles. The van der Waals surface area contributed by atoms with E-state index in [1.54, 1.807) is 6.20 Å². The maximum absolute atomic E-state index is 13.0. The summed E-state index contributed by atoms with van der Waals surface area (Å²) in [5.74, 6) is -3.40. The zero-order chi connectivity index (χ0) is 31.1. The molecule has 2 atom stereocenters. The molecule has 0 bridgehead atoms. The monoisotopic (exact) mass is 600 g/mol. The molecule has 0 fully saturated rings. The van der Waals surface area contributed by atoms with E-state index in [-0.39, 0.29) is 6.61 Å². The van der Waals surface area contributed by atoms with Crippen LogP contribution in [-0.2, 0) is 36.7 Å². The lowest BCUT2D eigenvalue weighted by molar-refractivity contribution is -0.172. The number of benzene rings is 3. The van der Waals surface area contributed by atoms with Gasteiger partial charge in [0, 0.05) is 24.7 Å². The molecule has 2 unspecified atom stereocenters. The molecular formula is C35H40N2O7. The van der Waals surface area contributed by atoms with Gasteiger partial charge in [-0.1, -0.05) is 67.4 Å². The minimum atomic E-state index is -1.73. The van der Waals surface area contributed by atoms with Crippen molar-refractivity contribution in [3.63, 3.8) is 0 Å². The van der Waals surface area contributed by atoms with Crippen molar-refractivity contribution in [2.24, 2.45) is 0 Å². The first-order valence-electron chi connectivity index (χ1n) is 15.2. The van der Waals surface area contributed by atoms with E-state index in [1.165, 1.54) is 21.9 Å². The fraction of sp³-hybridized carbons (Fsp3) is 0.371. The van der Waals surface area contributed by atoms with Gasteiger partial charge in [-0.3, -0.25) is 9.78 Å². The van der Waals surface area contributed by atoms with Crippen LogP contribution < -0.4 is 5.32 Å². The Bertz CT molecular complexity index is 1540. The molecule has 4 rings (SSSR count). The van der Waals surface area contributed by atoms with Gasteiger partial charge in [-0.25, -0.2) is 9.59 Å². The number of aryl methyl sites for hydroxylation is 2. The Morgan fingerprint density at radius 1 is 0.705 bits per heavy atom. The van der Waals surface area contributed by atoms with E-state index in [0.29, 0.717) is 19.4 Å². The van der Waals surface area contributed by atoms with E-state index in [4.69, 9.17) is 14.6 Å². The number of ether oxygens (including phenoxy) is 2. The number of hydrogen-bond donors (Lipinski definition) is 3. The van der Waals surface area contributed by atoms with Crippen LogP contribution in [-0.4, -0.2) is 65.0 Å². The quantitative estimate of drug-likeness (QED) is 0.119. The predicted octanol–water partition coefficient (Wildman–Crippen LogP) is 5.57. The van der Waals surface area contributed by atoms with Crippen molar-refractivity contribution in [3.05, 3.63) is 90.1 Å². The van der Waals surface area contributed by atoms with Crippen LogP contribution in [0.25, 0.3) is 21.7 Å². The smallest absolute Gasteiger partial charge is 0.336 e. The zero-order valence-electron chi connectivity index (χ0n) is 24.8. The number of carboxylic acids is 2. The Morgan fingerprint density at radius 3 is 2.14 bits per heavy atom. The van der Waals surface area contributed by atoms with Gasteiger partial charge in [0.2, 0.25) is 0 Å². The van der Waals surface area contributed by atoms with Crippen LogP contribution in [0.4, 0.5) is 0 Å². The summed E-state index contributed by atoms with van der Waals surface area (Å²) in [7, 11) is 0. The zero-order valence-corrected chi connectivity index (χ0v) is 24.8. The second-order valence-electron chi connectivity index (χ2n) is 10.9. The lowest BCUT2D eigenvalue weighted by Gasteiger charge is -2.23. The molecule has 0 spiro atoms. The molecule has 0 saturated heterocycles. The molecule has 0 aliphatic carbocycles. The Kier molecular flexibility index (Phi) is 12.6. The summed E-state index contributed by atoms with van der Waals surface area (Å²) in [5, 5.41) is 24.9. The van der Waals surface area contributed by atoms with E-state index in [1.807, 2.05) is 30.3 Å². The fourth-order valence-corrected chi connectivity index (χ4v) is 5.19. The largest absolute Gasteiger partial charge is 0.480 e. The topological polar surface area (TPSA) is 135 Å². The van der Waals surface area contributed by atoms with Crippen molar-refractivity contribution in [2.75, 3.05) is 19.8 Å². The second kappa shape index (κ2) is 17.1. The maximum Gasteiger partial charge on any atom is 0.336 e. The molecule has 1 amide bonds. The lowest BCUT2D eigenvalue weighted by Crippen LogP contribution is -2.49. The number of pyridine rings is 1. The molecule has 232 valence electrons. The molecule has 0 aliphatic heterocycles. The normalized spacial score (nSPS) is 12.6. The Morgan fingerprint density at radius 2 is 1.39 bits per heavy atom. The first-order valence-corrected chi connectivity index (χ1v) is 15.2. The molecular weight excluding hydrogens is 560 g/mol. The third kappa shape index (κ3) is 10.1. The van der Waals surface area contributed by atoms with E-state index in [0.717, 1.165) is 49.4 Å². The average molecular weight is 601 g/mol. The molecule has 0 saturated carbocycles. The van der Waals surface area contributed by atoms with Crippen LogP contribution in [0.1, 0.15) is 49.7 Å². The number of carbonyl (C=O) groups excluding carboxylic acids is 1. The number of hydrogen-bond acceptors (Lipinski definition) is 6. The minimum Gasteiger partial charge on any atom is -0.480 e. The molecule has 9 nitrogen and oxygen atoms in total. The molecule has 9 heteroatoms. The standard InChI is InChI=1S/C35H40N2O7/c38-31(39)24-44-33(35(41)42)32(43-21-8-2-4-11-26-16-18-30-29(23-26)14-9-20-36-30)34(40)37-19-7-1-3-10-25-15-17-27-12-5-6-13-28(27)22-25/h5-6,9,12-18,20,22-23,32-33H,1-4,7-8,10-11,19,21,24H2,(H,37,40)(H,38,39)(H,41,42). The SMILES string of the molecule is O=C(O)COC(C(=O)O)C(OCCCCCc1ccc2ncccc2c1)C(=O)NCCCCCc1ccc2ccccc2c1. The van der Waals surface area contributed by atoms with Crippen LogP contribution in [0.5, 0.6) is 0 Å².